The Hall–Kier alpha value is -2.47. The second kappa shape index (κ2) is 6.11. The lowest BCUT2D eigenvalue weighted by atomic mass is 10.2. The van der Waals surface area contributed by atoms with E-state index in [0.717, 1.165) is 27.1 Å². The number of hydrogen-bond acceptors (Lipinski definition) is 6. The highest BCUT2D eigenvalue weighted by Gasteiger charge is 2.11. The first-order valence-electron chi connectivity index (χ1n) is 6.98. The van der Waals surface area contributed by atoms with Crippen molar-refractivity contribution in [3.63, 3.8) is 0 Å². The molecular formula is C16H17N5S. The van der Waals surface area contributed by atoms with Crippen molar-refractivity contribution >= 4 is 28.1 Å². The molecule has 0 aliphatic carbocycles. The monoisotopic (exact) mass is 311 g/mol. The maximum Gasteiger partial charge on any atom is 0.227 e. The minimum Gasteiger partial charge on any atom is -0.365 e. The number of hydrogen-bond donors (Lipinski definition) is 2. The molecule has 0 saturated heterocycles. The van der Waals surface area contributed by atoms with Crippen molar-refractivity contribution in [2.45, 2.75) is 13.8 Å². The van der Waals surface area contributed by atoms with Gasteiger partial charge in [0.2, 0.25) is 5.95 Å². The van der Waals surface area contributed by atoms with E-state index in [2.05, 4.69) is 44.6 Å². The predicted molar refractivity (Wildman–Crippen MR) is 91.9 cm³/mol. The standard InChI is InChI=1S/C16H17N5S/c1-10-5-4-6-12(9-10)20-15-18-8-7-13(21-15)14-11(2)19-16(17-3)22-14/h4-9H,1-3H3,(H,17,19)(H,18,20,21). The number of nitrogens with one attached hydrogen (secondary N) is 2. The van der Waals surface area contributed by atoms with Crippen molar-refractivity contribution in [1.29, 1.82) is 0 Å². The van der Waals surface area contributed by atoms with E-state index in [0.29, 0.717) is 5.95 Å². The molecule has 6 heteroatoms. The molecule has 1 aromatic carbocycles. The van der Waals surface area contributed by atoms with E-state index in [9.17, 15) is 0 Å². The summed E-state index contributed by atoms with van der Waals surface area (Å²) in [7, 11) is 1.87. The maximum atomic E-state index is 4.60. The van der Waals surface area contributed by atoms with Crippen LogP contribution in [0.1, 0.15) is 11.3 Å². The van der Waals surface area contributed by atoms with Gasteiger partial charge in [0.1, 0.15) is 0 Å². The van der Waals surface area contributed by atoms with Gasteiger partial charge in [-0.2, -0.15) is 0 Å². The third-order valence-corrected chi connectivity index (χ3v) is 4.37. The van der Waals surface area contributed by atoms with Crippen LogP contribution in [0.5, 0.6) is 0 Å². The molecule has 0 fully saturated rings. The third kappa shape index (κ3) is 3.07. The summed E-state index contributed by atoms with van der Waals surface area (Å²) in [6.07, 6.45) is 1.76. The van der Waals surface area contributed by atoms with E-state index >= 15 is 0 Å². The van der Waals surface area contributed by atoms with Gasteiger partial charge in [-0.05, 0) is 37.6 Å². The topological polar surface area (TPSA) is 62.7 Å². The molecule has 2 N–H and O–H groups in total. The van der Waals surface area contributed by atoms with Gasteiger partial charge in [0.15, 0.2) is 5.13 Å². The largest absolute Gasteiger partial charge is 0.365 e. The number of benzene rings is 1. The number of thiazole rings is 1. The average Bonchev–Trinajstić information content (AvgIpc) is 2.89. The van der Waals surface area contributed by atoms with E-state index < -0.39 is 0 Å². The van der Waals surface area contributed by atoms with E-state index in [1.54, 1.807) is 17.5 Å². The van der Waals surface area contributed by atoms with Crippen molar-refractivity contribution in [1.82, 2.24) is 15.0 Å². The van der Waals surface area contributed by atoms with Crippen LogP contribution in [-0.4, -0.2) is 22.0 Å². The number of aryl methyl sites for hydroxylation is 2. The molecule has 0 unspecified atom stereocenters. The molecule has 0 aliphatic heterocycles. The number of nitrogens with zero attached hydrogens (tertiary/aromatic N) is 3. The maximum absolute atomic E-state index is 4.60. The summed E-state index contributed by atoms with van der Waals surface area (Å²) in [5.41, 5.74) is 4.02. The Kier molecular flexibility index (Phi) is 4.02. The Bertz CT molecular complexity index is 797. The van der Waals surface area contributed by atoms with E-state index in [4.69, 9.17) is 0 Å². The molecule has 0 spiro atoms. The number of aromatic nitrogens is 3. The third-order valence-electron chi connectivity index (χ3n) is 3.17. The van der Waals surface area contributed by atoms with Crippen LogP contribution in [0.15, 0.2) is 36.5 Å². The summed E-state index contributed by atoms with van der Waals surface area (Å²) in [5, 5.41) is 7.20. The molecule has 0 atom stereocenters. The fourth-order valence-electron chi connectivity index (χ4n) is 2.14. The Labute approximate surface area is 133 Å². The van der Waals surface area contributed by atoms with E-state index in [1.807, 2.05) is 32.2 Å². The SMILES string of the molecule is CNc1nc(C)c(-c2ccnc(Nc3cccc(C)c3)n2)s1. The summed E-state index contributed by atoms with van der Waals surface area (Å²) >= 11 is 1.59. The molecule has 2 heterocycles. The molecule has 0 amide bonds. The highest BCUT2D eigenvalue weighted by molar-refractivity contribution is 7.19. The van der Waals surface area contributed by atoms with Gasteiger partial charge >= 0.3 is 0 Å². The predicted octanol–water partition coefficient (Wildman–Crippen LogP) is 4.00. The molecule has 2 aromatic heterocycles. The Morgan fingerprint density at radius 3 is 2.68 bits per heavy atom. The lowest BCUT2D eigenvalue weighted by Gasteiger charge is -2.06. The minimum absolute atomic E-state index is 0.585. The number of anilines is 3. The second-order valence-electron chi connectivity index (χ2n) is 4.94. The quantitative estimate of drug-likeness (QED) is 0.762. The van der Waals surface area contributed by atoms with Gasteiger partial charge in [-0.1, -0.05) is 23.5 Å². The van der Waals surface area contributed by atoms with E-state index in [1.165, 1.54) is 5.56 Å². The zero-order chi connectivity index (χ0) is 15.5. The zero-order valence-electron chi connectivity index (χ0n) is 12.7. The van der Waals surface area contributed by atoms with Crippen LogP contribution in [0.4, 0.5) is 16.8 Å². The van der Waals surface area contributed by atoms with Crippen molar-refractivity contribution in [2.24, 2.45) is 0 Å². The first-order chi connectivity index (χ1) is 10.7. The summed E-state index contributed by atoms with van der Waals surface area (Å²) in [6.45, 7) is 4.05. The lowest BCUT2D eigenvalue weighted by molar-refractivity contribution is 1.16. The first kappa shape index (κ1) is 14.5. The number of rotatable bonds is 4. The molecule has 3 aromatic rings. The van der Waals surface area contributed by atoms with Crippen LogP contribution in [0.2, 0.25) is 0 Å². The molecule has 22 heavy (non-hydrogen) atoms. The second-order valence-corrected chi connectivity index (χ2v) is 5.94. The molecule has 0 radical (unpaired) electrons. The van der Waals surface area contributed by atoms with Crippen LogP contribution >= 0.6 is 11.3 Å². The summed E-state index contributed by atoms with van der Waals surface area (Å²) in [6, 6.07) is 10.0. The molecule has 5 nitrogen and oxygen atoms in total. The molecule has 0 saturated carbocycles. The molecule has 0 aliphatic rings. The Morgan fingerprint density at radius 1 is 1.09 bits per heavy atom. The van der Waals surface area contributed by atoms with Crippen LogP contribution in [-0.2, 0) is 0 Å². The zero-order valence-corrected chi connectivity index (χ0v) is 13.5. The fraction of sp³-hybridized carbons (Fsp3) is 0.188. The molecular weight excluding hydrogens is 294 g/mol. The van der Waals surface area contributed by atoms with Crippen molar-refractivity contribution in [3.05, 3.63) is 47.8 Å². The summed E-state index contributed by atoms with van der Waals surface area (Å²) in [5.74, 6) is 0.585. The van der Waals surface area contributed by atoms with Gasteiger partial charge in [0, 0.05) is 18.9 Å². The lowest BCUT2D eigenvalue weighted by Crippen LogP contribution is -1.97. The highest BCUT2D eigenvalue weighted by Crippen LogP contribution is 2.31. The normalized spacial score (nSPS) is 10.5. The molecule has 3 rings (SSSR count). The molecule has 0 bridgehead atoms. The van der Waals surface area contributed by atoms with Crippen molar-refractivity contribution < 1.29 is 0 Å². The van der Waals surface area contributed by atoms with Gasteiger partial charge in [-0.25, -0.2) is 15.0 Å². The van der Waals surface area contributed by atoms with Gasteiger partial charge in [0.05, 0.1) is 16.3 Å². The van der Waals surface area contributed by atoms with Crippen LogP contribution in [0.25, 0.3) is 10.6 Å². The fourth-order valence-corrected chi connectivity index (χ4v) is 3.03. The Balaban J connectivity index is 1.90. The highest BCUT2D eigenvalue weighted by atomic mass is 32.1. The average molecular weight is 311 g/mol. The van der Waals surface area contributed by atoms with Gasteiger partial charge < -0.3 is 10.6 Å². The van der Waals surface area contributed by atoms with Crippen molar-refractivity contribution in [3.8, 4) is 10.6 Å². The summed E-state index contributed by atoms with van der Waals surface area (Å²) in [4.78, 5) is 14.4. The summed E-state index contributed by atoms with van der Waals surface area (Å²) < 4.78 is 0. The first-order valence-corrected chi connectivity index (χ1v) is 7.79. The van der Waals surface area contributed by atoms with Gasteiger partial charge in [0.25, 0.3) is 0 Å². The Morgan fingerprint density at radius 2 is 1.95 bits per heavy atom. The van der Waals surface area contributed by atoms with Crippen LogP contribution in [0.3, 0.4) is 0 Å². The van der Waals surface area contributed by atoms with Gasteiger partial charge in [-0.15, -0.1) is 0 Å². The smallest absolute Gasteiger partial charge is 0.227 e. The minimum atomic E-state index is 0.585. The molecule has 112 valence electrons. The van der Waals surface area contributed by atoms with Crippen molar-refractivity contribution in [2.75, 3.05) is 17.7 Å². The van der Waals surface area contributed by atoms with E-state index in [-0.39, 0.29) is 0 Å². The van der Waals surface area contributed by atoms with Crippen LogP contribution < -0.4 is 10.6 Å². The van der Waals surface area contributed by atoms with Crippen LogP contribution in [0, 0.1) is 13.8 Å². The van der Waals surface area contributed by atoms with Gasteiger partial charge in [-0.3, -0.25) is 0 Å².